The van der Waals surface area contributed by atoms with E-state index in [4.69, 9.17) is 26.0 Å². The third kappa shape index (κ3) is 2.03. The molecule has 2 aromatic rings. The zero-order valence-electron chi connectivity index (χ0n) is 10.3. The summed E-state index contributed by atoms with van der Waals surface area (Å²) >= 11 is 5.75. The first-order chi connectivity index (χ1) is 9.64. The summed E-state index contributed by atoms with van der Waals surface area (Å²) in [6.07, 6.45) is 1.56. The second-order valence-electron chi connectivity index (χ2n) is 4.55. The fraction of sp³-hybridized carbons (Fsp3) is 0.214. The molecule has 1 aliphatic heterocycles. The van der Waals surface area contributed by atoms with E-state index in [0.29, 0.717) is 18.8 Å². The quantitative estimate of drug-likeness (QED) is 0.945. The Hall–Kier alpha value is -2.03. The molecule has 0 bridgehead atoms. The average Bonchev–Trinajstić information content (AvgIpc) is 2.91. The number of benzene rings is 1. The standard InChI is InChI=1S/C14H10ClFN2O2/c15-10-5-12(9(6-17)4-11(10)16)20-14(7-18-8-14)13-2-1-3-19-13/h1-5,18H,7-8H2. The third-order valence-electron chi connectivity index (χ3n) is 3.24. The van der Waals surface area contributed by atoms with E-state index in [1.807, 2.05) is 6.07 Å². The Morgan fingerprint density at radius 3 is 2.80 bits per heavy atom. The molecule has 20 heavy (non-hydrogen) atoms. The van der Waals surface area contributed by atoms with Gasteiger partial charge in [-0.3, -0.25) is 0 Å². The summed E-state index contributed by atoms with van der Waals surface area (Å²) in [5, 5.41) is 12.1. The first-order valence-corrected chi connectivity index (χ1v) is 6.35. The van der Waals surface area contributed by atoms with E-state index in [1.54, 1.807) is 18.4 Å². The number of halogens is 2. The highest BCUT2D eigenvalue weighted by molar-refractivity contribution is 6.30. The van der Waals surface area contributed by atoms with Crippen LogP contribution < -0.4 is 10.1 Å². The van der Waals surface area contributed by atoms with Crippen molar-refractivity contribution in [2.45, 2.75) is 5.60 Å². The van der Waals surface area contributed by atoms with Gasteiger partial charge in [-0.1, -0.05) is 11.6 Å². The maximum absolute atomic E-state index is 13.4. The molecule has 0 amide bonds. The largest absolute Gasteiger partial charge is 0.475 e. The van der Waals surface area contributed by atoms with Gasteiger partial charge in [0.05, 0.1) is 16.8 Å². The summed E-state index contributed by atoms with van der Waals surface area (Å²) in [6, 6.07) is 7.86. The van der Waals surface area contributed by atoms with Crippen LogP contribution in [-0.2, 0) is 5.60 Å². The van der Waals surface area contributed by atoms with Gasteiger partial charge in [0.1, 0.15) is 23.4 Å². The van der Waals surface area contributed by atoms with Crippen LogP contribution in [-0.4, -0.2) is 13.1 Å². The summed E-state index contributed by atoms with van der Waals surface area (Å²) in [4.78, 5) is 0. The fourth-order valence-corrected chi connectivity index (χ4v) is 2.25. The molecule has 0 unspecified atom stereocenters. The van der Waals surface area contributed by atoms with Gasteiger partial charge in [-0.2, -0.15) is 5.26 Å². The average molecular weight is 293 g/mol. The van der Waals surface area contributed by atoms with Crippen molar-refractivity contribution in [2.24, 2.45) is 0 Å². The molecule has 0 atom stereocenters. The Morgan fingerprint density at radius 2 is 2.25 bits per heavy atom. The lowest BCUT2D eigenvalue weighted by atomic mass is 9.93. The topological polar surface area (TPSA) is 58.2 Å². The maximum atomic E-state index is 13.4. The van der Waals surface area contributed by atoms with Gasteiger partial charge < -0.3 is 14.5 Å². The van der Waals surface area contributed by atoms with Crippen molar-refractivity contribution in [3.8, 4) is 11.8 Å². The number of hydrogen-bond donors (Lipinski definition) is 1. The van der Waals surface area contributed by atoms with Crippen LogP contribution in [0.3, 0.4) is 0 Å². The van der Waals surface area contributed by atoms with E-state index in [0.717, 1.165) is 6.07 Å². The maximum Gasteiger partial charge on any atom is 0.191 e. The zero-order valence-corrected chi connectivity index (χ0v) is 11.1. The molecule has 0 aliphatic carbocycles. The minimum absolute atomic E-state index is 0.0825. The lowest BCUT2D eigenvalue weighted by Crippen LogP contribution is -2.60. The van der Waals surface area contributed by atoms with E-state index in [-0.39, 0.29) is 16.3 Å². The van der Waals surface area contributed by atoms with Crippen molar-refractivity contribution in [3.05, 3.63) is 52.7 Å². The predicted octanol–water partition coefficient (Wildman–Crippen LogP) is 2.82. The highest BCUT2D eigenvalue weighted by Gasteiger charge is 2.44. The number of ether oxygens (including phenoxy) is 1. The van der Waals surface area contributed by atoms with Gasteiger partial charge in [0.15, 0.2) is 5.60 Å². The van der Waals surface area contributed by atoms with Gasteiger partial charge in [0, 0.05) is 19.2 Å². The minimum atomic E-state index is -0.684. The highest BCUT2D eigenvalue weighted by Crippen LogP contribution is 2.35. The monoisotopic (exact) mass is 292 g/mol. The molecular weight excluding hydrogens is 283 g/mol. The molecule has 0 radical (unpaired) electrons. The number of nitrogens with zero attached hydrogens (tertiary/aromatic N) is 1. The van der Waals surface area contributed by atoms with Gasteiger partial charge in [0.2, 0.25) is 0 Å². The zero-order chi connectivity index (χ0) is 14.2. The van der Waals surface area contributed by atoms with Crippen LogP contribution in [0.4, 0.5) is 4.39 Å². The van der Waals surface area contributed by atoms with Gasteiger partial charge in [-0.05, 0) is 18.2 Å². The fourth-order valence-electron chi connectivity index (χ4n) is 2.10. The van der Waals surface area contributed by atoms with E-state index in [2.05, 4.69) is 5.32 Å². The van der Waals surface area contributed by atoms with Crippen molar-refractivity contribution in [3.63, 3.8) is 0 Å². The first-order valence-electron chi connectivity index (χ1n) is 5.97. The first kappa shape index (κ1) is 13.0. The number of furan rings is 1. The Labute approximate surface area is 119 Å². The molecular formula is C14H10ClFN2O2. The lowest BCUT2D eigenvalue weighted by Gasteiger charge is -2.40. The van der Waals surface area contributed by atoms with Crippen molar-refractivity contribution < 1.29 is 13.5 Å². The highest BCUT2D eigenvalue weighted by atomic mass is 35.5. The van der Waals surface area contributed by atoms with Crippen LogP contribution in [0.15, 0.2) is 34.9 Å². The smallest absolute Gasteiger partial charge is 0.191 e. The SMILES string of the molecule is N#Cc1cc(F)c(Cl)cc1OC1(c2ccco2)CNC1. The number of hydrogen-bond acceptors (Lipinski definition) is 4. The van der Waals surface area contributed by atoms with Crippen LogP contribution in [0.1, 0.15) is 11.3 Å². The molecule has 1 fully saturated rings. The molecule has 1 aromatic heterocycles. The molecule has 1 N–H and O–H groups in total. The van der Waals surface area contributed by atoms with E-state index in [9.17, 15) is 4.39 Å². The summed E-state index contributed by atoms with van der Waals surface area (Å²) in [7, 11) is 0. The van der Waals surface area contributed by atoms with E-state index >= 15 is 0 Å². The van der Waals surface area contributed by atoms with Crippen LogP contribution in [0.25, 0.3) is 0 Å². The number of rotatable bonds is 3. The normalized spacial score (nSPS) is 16.2. The molecule has 1 aromatic carbocycles. The molecule has 6 heteroatoms. The summed E-state index contributed by atoms with van der Waals surface area (Å²) < 4.78 is 24.7. The van der Waals surface area contributed by atoms with Crippen LogP contribution in [0.5, 0.6) is 5.75 Å². The summed E-state index contributed by atoms with van der Waals surface area (Å²) in [5.41, 5.74) is -0.583. The lowest BCUT2D eigenvalue weighted by molar-refractivity contribution is -0.00773. The summed E-state index contributed by atoms with van der Waals surface area (Å²) in [5.74, 6) is 0.256. The Kier molecular flexibility index (Phi) is 3.13. The van der Waals surface area contributed by atoms with E-state index in [1.165, 1.54) is 6.07 Å². The van der Waals surface area contributed by atoms with Crippen molar-refractivity contribution >= 4 is 11.6 Å². The van der Waals surface area contributed by atoms with Crippen LogP contribution >= 0.6 is 11.6 Å². The molecule has 0 spiro atoms. The van der Waals surface area contributed by atoms with Crippen molar-refractivity contribution in [1.82, 2.24) is 5.32 Å². The van der Waals surface area contributed by atoms with E-state index < -0.39 is 11.4 Å². The predicted molar refractivity (Wildman–Crippen MR) is 70.0 cm³/mol. The number of nitriles is 1. The molecule has 1 saturated heterocycles. The van der Waals surface area contributed by atoms with Crippen LogP contribution in [0.2, 0.25) is 5.02 Å². The molecule has 102 valence electrons. The van der Waals surface area contributed by atoms with Gasteiger partial charge in [-0.15, -0.1) is 0 Å². The van der Waals surface area contributed by atoms with Crippen LogP contribution in [0, 0.1) is 17.1 Å². The number of nitrogens with one attached hydrogen (secondary N) is 1. The molecule has 4 nitrogen and oxygen atoms in total. The Bertz CT molecular complexity index is 675. The summed E-state index contributed by atoms with van der Waals surface area (Å²) in [6.45, 7) is 1.08. The second-order valence-corrected chi connectivity index (χ2v) is 4.96. The third-order valence-corrected chi connectivity index (χ3v) is 3.53. The van der Waals surface area contributed by atoms with Crippen molar-refractivity contribution in [1.29, 1.82) is 5.26 Å². The molecule has 1 aliphatic rings. The minimum Gasteiger partial charge on any atom is -0.475 e. The second kappa shape index (κ2) is 4.82. The van der Waals surface area contributed by atoms with Gasteiger partial charge in [-0.25, -0.2) is 4.39 Å². The van der Waals surface area contributed by atoms with Crippen molar-refractivity contribution in [2.75, 3.05) is 13.1 Å². The Balaban J connectivity index is 1.99. The van der Waals surface area contributed by atoms with Gasteiger partial charge >= 0.3 is 0 Å². The van der Waals surface area contributed by atoms with Gasteiger partial charge in [0.25, 0.3) is 0 Å². The molecule has 0 saturated carbocycles. The molecule has 2 heterocycles. The Morgan fingerprint density at radius 1 is 1.45 bits per heavy atom. The molecule has 3 rings (SSSR count).